The van der Waals surface area contributed by atoms with Crippen molar-refractivity contribution in [3.63, 3.8) is 0 Å². The summed E-state index contributed by atoms with van der Waals surface area (Å²) in [7, 11) is 0. The van der Waals surface area contributed by atoms with Crippen LogP contribution in [0.25, 0.3) is 0 Å². The third-order valence-electron chi connectivity index (χ3n) is 1.45. The van der Waals surface area contributed by atoms with E-state index in [2.05, 4.69) is 10.1 Å². The Morgan fingerprint density at radius 3 is 3.08 bits per heavy atom. The van der Waals surface area contributed by atoms with Crippen LogP contribution < -0.4 is 16.7 Å². The van der Waals surface area contributed by atoms with Crippen LogP contribution in [0.3, 0.4) is 0 Å². The molecular weight excluding hydrogens is 170 g/mol. The topological polar surface area (TPSA) is 101 Å². The van der Waals surface area contributed by atoms with E-state index in [-0.39, 0.29) is 6.61 Å². The highest BCUT2D eigenvalue weighted by Gasteiger charge is 1.99. The lowest BCUT2D eigenvalue weighted by atomic mass is 10.3. The van der Waals surface area contributed by atoms with Gasteiger partial charge < -0.3 is 10.9 Å². The molecule has 5 N–H and O–H groups in total. The van der Waals surface area contributed by atoms with Crippen molar-refractivity contribution in [3.05, 3.63) is 24.0 Å². The first-order valence-electron chi connectivity index (χ1n) is 3.61. The second kappa shape index (κ2) is 4.39. The standard InChI is InChI=1S/C7H11N5O/c8-11-5-12(9)7-1-2-10-6(3-7)4-13/h1-3,5,13H,4,8-9H2/b11-5-. The largest absolute Gasteiger partial charge is 0.390 e. The zero-order valence-electron chi connectivity index (χ0n) is 6.96. The Hall–Kier alpha value is -1.66. The van der Waals surface area contributed by atoms with Crippen molar-refractivity contribution in [2.45, 2.75) is 6.61 Å². The molecule has 6 nitrogen and oxygen atoms in total. The number of rotatable bonds is 3. The van der Waals surface area contributed by atoms with Gasteiger partial charge in [0.05, 0.1) is 18.0 Å². The summed E-state index contributed by atoms with van der Waals surface area (Å²) in [6.45, 7) is -0.124. The number of nitrogens with two attached hydrogens (primary N) is 2. The maximum atomic E-state index is 8.79. The second-order valence-corrected chi connectivity index (χ2v) is 2.34. The smallest absolute Gasteiger partial charge is 0.129 e. The fourth-order valence-corrected chi connectivity index (χ4v) is 0.851. The van der Waals surface area contributed by atoms with E-state index < -0.39 is 0 Å². The van der Waals surface area contributed by atoms with E-state index in [0.29, 0.717) is 11.4 Å². The molecule has 0 spiro atoms. The van der Waals surface area contributed by atoms with Gasteiger partial charge in [-0.3, -0.25) is 9.99 Å². The third-order valence-corrected chi connectivity index (χ3v) is 1.45. The summed E-state index contributed by atoms with van der Waals surface area (Å²) in [4.78, 5) is 3.89. The summed E-state index contributed by atoms with van der Waals surface area (Å²) in [5, 5.41) is 13.3. The molecule has 1 heterocycles. The van der Waals surface area contributed by atoms with Gasteiger partial charge in [-0.25, -0.2) is 5.84 Å². The summed E-state index contributed by atoms with van der Waals surface area (Å²) in [6.07, 6.45) is 2.81. The summed E-state index contributed by atoms with van der Waals surface area (Å²) < 4.78 is 0. The van der Waals surface area contributed by atoms with Gasteiger partial charge in [0, 0.05) is 6.20 Å². The molecule has 1 aromatic rings. The summed E-state index contributed by atoms with van der Waals surface area (Å²) in [5.74, 6) is 10.4. The number of hydrogen-bond acceptors (Lipinski definition) is 5. The normalized spacial score (nSPS) is 10.6. The highest BCUT2D eigenvalue weighted by molar-refractivity contribution is 5.76. The fraction of sp³-hybridized carbons (Fsp3) is 0.143. The molecule has 0 aliphatic rings. The monoisotopic (exact) mass is 181 g/mol. The lowest BCUT2D eigenvalue weighted by molar-refractivity contribution is 0.277. The van der Waals surface area contributed by atoms with E-state index in [1.807, 2.05) is 0 Å². The second-order valence-electron chi connectivity index (χ2n) is 2.34. The molecule has 0 bridgehead atoms. The summed E-state index contributed by atoms with van der Waals surface area (Å²) >= 11 is 0. The minimum atomic E-state index is -0.124. The highest BCUT2D eigenvalue weighted by Crippen LogP contribution is 2.09. The maximum Gasteiger partial charge on any atom is 0.129 e. The highest BCUT2D eigenvalue weighted by atomic mass is 16.3. The van der Waals surface area contributed by atoms with Gasteiger partial charge >= 0.3 is 0 Å². The van der Waals surface area contributed by atoms with Crippen molar-refractivity contribution in [3.8, 4) is 0 Å². The molecule has 1 rings (SSSR count). The molecule has 0 saturated carbocycles. The average molecular weight is 181 g/mol. The Labute approximate surface area is 75.5 Å². The van der Waals surface area contributed by atoms with E-state index in [1.54, 1.807) is 18.3 Å². The van der Waals surface area contributed by atoms with E-state index in [0.717, 1.165) is 0 Å². The van der Waals surface area contributed by atoms with E-state index in [4.69, 9.17) is 16.8 Å². The molecule has 70 valence electrons. The molecule has 0 radical (unpaired) electrons. The quantitative estimate of drug-likeness (QED) is 0.244. The van der Waals surface area contributed by atoms with Crippen LogP contribution in [0.1, 0.15) is 5.69 Å². The van der Waals surface area contributed by atoms with Gasteiger partial charge in [0.15, 0.2) is 0 Å². The number of pyridine rings is 1. The number of nitrogens with zero attached hydrogens (tertiary/aromatic N) is 3. The molecule has 6 heteroatoms. The number of aliphatic hydroxyl groups excluding tert-OH is 1. The molecule has 1 aromatic heterocycles. The van der Waals surface area contributed by atoms with E-state index >= 15 is 0 Å². The summed E-state index contributed by atoms with van der Waals surface area (Å²) in [6, 6.07) is 3.32. The Morgan fingerprint density at radius 1 is 1.69 bits per heavy atom. The molecule has 0 saturated heterocycles. The molecule has 0 aromatic carbocycles. The van der Waals surface area contributed by atoms with Crippen LogP contribution in [0.4, 0.5) is 5.69 Å². The van der Waals surface area contributed by atoms with Gasteiger partial charge in [0.2, 0.25) is 0 Å². The number of hydrogen-bond donors (Lipinski definition) is 3. The Kier molecular flexibility index (Phi) is 3.18. The lowest BCUT2D eigenvalue weighted by Gasteiger charge is -2.11. The Balaban J connectivity index is 2.87. The van der Waals surface area contributed by atoms with Gasteiger partial charge in [0.25, 0.3) is 0 Å². The van der Waals surface area contributed by atoms with Crippen LogP contribution in [0.15, 0.2) is 23.4 Å². The van der Waals surface area contributed by atoms with Crippen molar-refractivity contribution in [2.24, 2.45) is 16.8 Å². The molecule has 0 fully saturated rings. The van der Waals surface area contributed by atoms with Gasteiger partial charge in [0.1, 0.15) is 6.34 Å². The number of hydrazine groups is 1. The van der Waals surface area contributed by atoms with Crippen LogP contribution in [0, 0.1) is 0 Å². The predicted octanol–water partition coefficient (Wildman–Crippen LogP) is -0.844. The molecule has 0 unspecified atom stereocenters. The SMILES string of the molecule is N/N=C\N(N)c1ccnc(CO)c1. The van der Waals surface area contributed by atoms with Crippen LogP contribution >= 0.6 is 0 Å². The number of aromatic nitrogens is 1. The van der Waals surface area contributed by atoms with Crippen molar-refractivity contribution >= 4 is 12.0 Å². The molecule has 0 amide bonds. The van der Waals surface area contributed by atoms with Gasteiger partial charge in [-0.2, -0.15) is 5.10 Å². The van der Waals surface area contributed by atoms with Crippen molar-refractivity contribution in [1.29, 1.82) is 0 Å². The van der Waals surface area contributed by atoms with Gasteiger partial charge in [-0.15, -0.1) is 0 Å². The van der Waals surface area contributed by atoms with E-state index in [9.17, 15) is 0 Å². The third kappa shape index (κ3) is 2.39. The molecule has 13 heavy (non-hydrogen) atoms. The number of aliphatic hydroxyl groups is 1. The van der Waals surface area contributed by atoms with Crippen LogP contribution in [0.5, 0.6) is 0 Å². The molecular formula is C7H11N5O. The Bertz CT molecular complexity index is 301. The minimum Gasteiger partial charge on any atom is -0.390 e. The van der Waals surface area contributed by atoms with Crippen molar-refractivity contribution in [1.82, 2.24) is 4.98 Å². The predicted molar refractivity (Wildman–Crippen MR) is 49.5 cm³/mol. The summed E-state index contributed by atoms with van der Waals surface area (Å²) in [5.41, 5.74) is 1.20. The molecule has 0 aliphatic carbocycles. The maximum absolute atomic E-state index is 8.79. The average Bonchev–Trinajstić information content (AvgIpc) is 2.18. The molecule has 0 aliphatic heterocycles. The molecule has 0 atom stereocenters. The van der Waals surface area contributed by atoms with Crippen LogP contribution in [-0.4, -0.2) is 16.4 Å². The first kappa shape index (κ1) is 9.43. The Morgan fingerprint density at radius 2 is 2.46 bits per heavy atom. The van der Waals surface area contributed by atoms with Crippen LogP contribution in [-0.2, 0) is 6.61 Å². The fourth-order valence-electron chi connectivity index (χ4n) is 0.851. The zero-order valence-corrected chi connectivity index (χ0v) is 6.96. The first-order valence-corrected chi connectivity index (χ1v) is 3.61. The minimum absolute atomic E-state index is 0.124. The van der Waals surface area contributed by atoms with Gasteiger partial charge in [-0.1, -0.05) is 0 Å². The lowest BCUT2D eigenvalue weighted by Crippen LogP contribution is -2.29. The van der Waals surface area contributed by atoms with Gasteiger partial charge in [-0.05, 0) is 12.1 Å². The van der Waals surface area contributed by atoms with Crippen molar-refractivity contribution < 1.29 is 5.11 Å². The zero-order chi connectivity index (χ0) is 9.68. The number of hydrazone groups is 1. The van der Waals surface area contributed by atoms with Crippen LogP contribution in [0.2, 0.25) is 0 Å². The first-order chi connectivity index (χ1) is 6.27. The van der Waals surface area contributed by atoms with E-state index in [1.165, 1.54) is 11.3 Å². The van der Waals surface area contributed by atoms with Crippen molar-refractivity contribution in [2.75, 3.05) is 5.01 Å². The number of anilines is 1.